The second-order valence-corrected chi connectivity index (χ2v) is 24.6. The van der Waals surface area contributed by atoms with Crippen molar-refractivity contribution in [1.29, 1.82) is 0 Å². The van der Waals surface area contributed by atoms with Crippen LogP contribution in [0, 0.1) is 0 Å². The summed E-state index contributed by atoms with van der Waals surface area (Å²) in [7, 11) is 0. The molecule has 2 heteroatoms. The molecular weight excluding hydrogens is 1080 g/mol. The Hall–Kier alpha value is -11.3. The first-order valence-corrected chi connectivity index (χ1v) is 31.4. The summed E-state index contributed by atoms with van der Waals surface area (Å²) in [6, 6.07) is 126. The lowest BCUT2D eigenvalue weighted by Gasteiger charge is -2.30. The molecule has 2 aliphatic carbocycles. The van der Waals surface area contributed by atoms with Gasteiger partial charge in [0.25, 0.3) is 0 Å². The number of hydrogen-bond acceptors (Lipinski definition) is 2. The van der Waals surface area contributed by atoms with E-state index in [0.29, 0.717) is 0 Å². The third kappa shape index (κ3) is 8.40. The summed E-state index contributed by atoms with van der Waals surface area (Å²) in [6.07, 6.45) is 0. The Labute approximate surface area is 526 Å². The standard InChI is InChI=1S/C88H62N2/c1-87(64-29-8-4-9-30-64)82-41-19-16-39-77(82)81-58-70(50-53-84(81)87)90(86-43-21-18-34-71(86)60-24-6-3-7-25-60)67-46-44-59(45-47-67)61-26-22-27-62(54-61)63-28-23-31-65(55-63)88(2)83-42-20-17-40-78(83)80-57-69(49-52-85(80)88)89(66-32-10-5-11-33-66)68-48-51-76-74-37-13-12-35-72(74)73-36-14-15-38-75(73)79(76)56-68/h3-58H,1-2H3. The van der Waals surface area contributed by atoms with Crippen LogP contribution in [0.3, 0.4) is 0 Å². The predicted molar refractivity (Wildman–Crippen MR) is 380 cm³/mol. The molecule has 0 radical (unpaired) electrons. The summed E-state index contributed by atoms with van der Waals surface area (Å²) >= 11 is 0. The monoisotopic (exact) mass is 1150 g/mol. The van der Waals surface area contributed by atoms with E-state index in [9.17, 15) is 0 Å². The minimum Gasteiger partial charge on any atom is -0.310 e. The Kier molecular flexibility index (Phi) is 12.5. The molecule has 2 nitrogen and oxygen atoms in total. The van der Waals surface area contributed by atoms with E-state index in [1.165, 1.54) is 116 Å². The zero-order chi connectivity index (χ0) is 59.9. The van der Waals surface area contributed by atoms with E-state index < -0.39 is 5.41 Å². The normalized spacial score (nSPS) is 15.3. The first-order chi connectivity index (χ1) is 44.4. The fourth-order valence-corrected chi connectivity index (χ4v) is 15.4. The number of nitrogens with zero attached hydrogens (tertiary/aromatic N) is 2. The van der Waals surface area contributed by atoms with Gasteiger partial charge in [0.2, 0.25) is 0 Å². The van der Waals surface area contributed by atoms with Gasteiger partial charge in [-0.25, -0.2) is 0 Å². The molecule has 17 rings (SSSR count). The van der Waals surface area contributed by atoms with Crippen molar-refractivity contribution in [1.82, 2.24) is 0 Å². The van der Waals surface area contributed by atoms with E-state index in [0.717, 1.165) is 39.7 Å². The third-order valence-corrected chi connectivity index (χ3v) is 19.8. The van der Waals surface area contributed by atoms with Crippen LogP contribution in [0.5, 0.6) is 0 Å². The lowest BCUT2D eigenvalue weighted by atomic mass is 9.73. The first kappa shape index (κ1) is 53.0. The van der Waals surface area contributed by atoms with Crippen molar-refractivity contribution in [3.05, 3.63) is 373 Å². The van der Waals surface area contributed by atoms with E-state index in [2.05, 4.69) is 363 Å². The molecule has 0 aliphatic heterocycles. The summed E-state index contributed by atoms with van der Waals surface area (Å²) in [5, 5.41) is 7.60. The van der Waals surface area contributed by atoms with Gasteiger partial charge in [0.1, 0.15) is 0 Å². The van der Waals surface area contributed by atoms with Crippen LogP contribution < -0.4 is 9.80 Å². The molecule has 15 aromatic rings. The maximum absolute atomic E-state index is 2.45. The molecule has 0 bridgehead atoms. The summed E-state index contributed by atoms with van der Waals surface area (Å²) in [5.74, 6) is 0. The fourth-order valence-electron chi connectivity index (χ4n) is 15.4. The summed E-state index contributed by atoms with van der Waals surface area (Å²) < 4.78 is 0. The van der Waals surface area contributed by atoms with Crippen LogP contribution >= 0.6 is 0 Å². The lowest BCUT2D eigenvalue weighted by molar-refractivity contribution is 0.714. The molecule has 0 amide bonds. The van der Waals surface area contributed by atoms with Crippen molar-refractivity contribution < 1.29 is 0 Å². The molecule has 424 valence electrons. The quantitative estimate of drug-likeness (QED) is 0.119. The predicted octanol–water partition coefficient (Wildman–Crippen LogP) is 23.8. The molecule has 2 unspecified atom stereocenters. The third-order valence-electron chi connectivity index (χ3n) is 19.8. The van der Waals surface area contributed by atoms with E-state index in [1.807, 2.05) is 0 Å². The second-order valence-electron chi connectivity index (χ2n) is 24.6. The number of hydrogen-bond donors (Lipinski definition) is 0. The van der Waals surface area contributed by atoms with Gasteiger partial charge in [-0.05, 0) is 208 Å². The zero-order valence-electron chi connectivity index (χ0n) is 50.2. The average Bonchev–Trinajstić information content (AvgIpc) is 1.53. The highest BCUT2D eigenvalue weighted by Crippen LogP contribution is 2.56. The van der Waals surface area contributed by atoms with Crippen molar-refractivity contribution >= 4 is 66.4 Å². The lowest BCUT2D eigenvalue weighted by Crippen LogP contribution is -2.22. The van der Waals surface area contributed by atoms with Crippen molar-refractivity contribution in [3.63, 3.8) is 0 Å². The van der Waals surface area contributed by atoms with Crippen LogP contribution in [-0.4, -0.2) is 0 Å². The Balaban J connectivity index is 0.725. The molecule has 90 heavy (non-hydrogen) atoms. The van der Waals surface area contributed by atoms with Crippen LogP contribution in [0.2, 0.25) is 0 Å². The van der Waals surface area contributed by atoms with E-state index in [4.69, 9.17) is 0 Å². The van der Waals surface area contributed by atoms with Gasteiger partial charge in [-0.3, -0.25) is 0 Å². The Morgan fingerprint density at radius 1 is 0.200 bits per heavy atom. The van der Waals surface area contributed by atoms with Crippen LogP contribution in [0.15, 0.2) is 340 Å². The topological polar surface area (TPSA) is 6.48 Å². The molecule has 2 aliphatic rings. The molecular formula is C88H62N2. The van der Waals surface area contributed by atoms with Crippen molar-refractivity contribution in [2.24, 2.45) is 0 Å². The number of fused-ring (bicyclic) bond motifs is 12. The maximum atomic E-state index is 2.45. The van der Waals surface area contributed by atoms with Crippen LogP contribution in [-0.2, 0) is 10.8 Å². The minimum absolute atomic E-state index is 0.286. The van der Waals surface area contributed by atoms with E-state index in [1.54, 1.807) is 0 Å². The average molecular weight is 1150 g/mol. The van der Waals surface area contributed by atoms with E-state index >= 15 is 0 Å². The van der Waals surface area contributed by atoms with Gasteiger partial charge in [0.15, 0.2) is 0 Å². The van der Waals surface area contributed by atoms with Crippen molar-refractivity contribution in [2.45, 2.75) is 24.7 Å². The molecule has 0 fully saturated rings. The highest BCUT2D eigenvalue weighted by Gasteiger charge is 2.43. The molecule has 0 saturated carbocycles. The van der Waals surface area contributed by atoms with Gasteiger partial charge in [-0.15, -0.1) is 0 Å². The molecule has 0 aromatic heterocycles. The molecule has 0 spiro atoms. The summed E-state index contributed by atoms with van der Waals surface area (Å²) in [6.45, 7) is 4.81. The van der Waals surface area contributed by atoms with Gasteiger partial charge >= 0.3 is 0 Å². The van der Waals surface area contributed by atoms with E-state index in [-0.39, 0.29) is 5.41 Å². The Morgan fingerprint density at radius 3 is 1.21 bits per heavy atom. The molecule has 0 N–H and O–H groups in total. The van der Waals surface area contributed by atoms with Crippen LogP contribution in [0.1, 0.15) is 47.2 Å². The SMILES string of the molecule is CC1(c2cccc(-c3cccc(-c4ccc(N(c5ccc6c(c5)-c5ccccc5C6(C)c5ccccc5)c5ccccc5-c5ccccc5)cc4)c3)c2)c2ccccc2-c2cc(N(c3ccccc3)c3ccc4c5ccccc5c5ccccc5c4c3)ccc21. The molecule has 0 saturated heterocycles. The van der Waals surface area contributed by atoms with Gasteiger partial charge < -0.3 is 9.80 Å². The molecule has 2 atom stereocenters. The number of para-hydroxylation sites is 2. The van der Waals surface area contributed by atoms with Gasteiger partial charge in [-0.2, -0.15) is 0 Å². The fraction of sp³-hybridized carbons (Fsp3) is 0.0455. The van der Waals surface area contributed by atoms with Gasteiger partial charge in [0.05, 0.1) is 5.69 Å². The molecule has 15 aromatic carbocycles. The van der Waals surface area contributed by atoms with Gasteiger partial charge in [-0.1, -0.05) is 261 Å². The zero-order valence-corrected chi connectivity index (χ0v) is 50.2. The number of rotatable bonds is 11. The van der Waals surface area contributed by atoms with Crippen molar-refractivity contribution in [3.8, 4) is 55.6 Å². The van der Waals surface area contributed by atoms with Gasteiger partial charge in [0, 0.05) is 44.8 Å². The first-order valence-electron chi connectivity index (χ1n) is 31.4. The summed E-state index contributed by atoms with van der Waals surface area (Å²) in [5.41, 5.74) is 25.9. The number of benzene rings is 15. The number of anilines is 6. The van der Waals surface area contributed by atoms with Crippen LogP contribution in [0.25, 0.3) is 88.0 Å². The largest absolute Gasteiger partial charge is 0.310 e. The molecule has 0 heterocycles. The second kappa shape index (κ2) is 21.2. The highest BCUT2D eigenvalue weighted by atomic mass is 15.1. The summed E-state index contributed by atoms with van der Waals surface area (Å²) in [4.78, 5) is 4.88. The van der Waals surface area contributed by atoms with Crippen molar-refractivity contribution in [2.75, 3.05) is 9.80 Å². The van der Waals surface area contributed by atoms with Crippen LogP contribution in [0.4, 0.5) is 34.1 Å². The maximum Gasteiger partial charge on any atom is 0.0540 e. The smallest absolute Gasteiger partial charge is 0.0540 e. The Morgan fingerprint density at radius 2 is 0.589 bits per heavy atom. The minimum atomic E-state index is -0.414. The highest BCUT2D eigenvalue weighted by molar-refractivity contribution is 6.26. The Bertz CT molecular complexity index is 5250.